The maximum absolute atomic E-state index is 12.1. The van der Waals surface area contributed by atoms with Crippen LogP contribution in [0.15, 0.2) is 18.2 Å². The van der Waals surface area contributed by atoms with Crippen LogP contribution in [0.4, 0.5) is 0 Å². The molecule has 4 heteroatoms. The molecule has 0 aliphatic rings. The average Bonchev–Trinajstić information content (AvgIpc) is 2.33. The first-order valence-electron chi connectivity index (χ1n) is 6.01. The Labute approximate surface area is 113 Å². The smallest absolute Gasteiger partial charge is 0.251 e. The zero-order valence-corrected chi connectivity index (χ0v) is 11.9. The van der Waals surface area contributed by atoms with Gasteiger partial charge in [0.05, 0.1) is 12.6 Å². The molecule has 0 radical (unpaired) electrons. The molecular weight excluding hydrogens is 250 g/mol. The van der Waals surface area contributed by atoms with E-state index in [4.69, 9.17) is 16.3 Å². The standard InChI is InChI=1S/C14H20ClNO2/c1-10-4-5-12(8-11(10)2)14(17)16-13(6-7-15)9-18-3/h4-5,8,13H,6-7,9H2,1-3H3,(H,16,17). The van der Waals surface area contributed by atoms with E-state index in [1.54, 1.807) is 7.11 Å². The molecule has 1 aromatic rings. The molecule has 1 unspecified atom stereocenters. The van der Waals surface area contributed by atoms with Gasteiger partial charge in [0.15, 0.2) is 0 Å². The van der Waals surface area contributed by atoms with E-state index < -0.39 is 0 Å². The predicted molar refractivity (Wildman–Crippen MR) is 74.4 cm³/mol. The summed E-state index contributed by atoms with van der Waals surface area (Å²) in [5, 5.41) is 2.93. The molecular formula is C14H20ClNO2. The molecule has 0 bridgehead atoms. The normalized spacial score (nSPS) is 12.2. The molecule has 0 aliphatic carbocycles. The van der Waals surface area contributed by atoms with Gasteiger partial charge in [0.1, 0.15) is 0 Å². The van der Waals surface area contributed by atoms with Gasteiger partial charge in [-0.1, -0.05) is 6.07 Å². The molecule has 1 amide bonds. The summed E-state index contributed by atoms with van der Waals surface area (Å²) in [7, 11) is 1.61. The predicted octanol–water partition coefficient (Wildman–Crippen LogP) is 2.68. The van der Waals surface area contributed by atoms with Gasteiger partial charge in [-0.15, -0.1) is 11.6 Å². The Morgan fingerprint density at radius 2 is 2.11 bits per heavy atom. The van der Waals surface area contributed by atoms with Crippen molar-refractivity contribution >= 4 is 17.5 Å². The summed E-state index contributed by atoms with van der Waals surface area (Å²) in [6, 6.07) is 5.65. The van der Waals surface area contributed by atoms with E-state index in [2.05, 4.69) is 5.32 Å². The van der Waals surface area contributed by atoms with Crippen LogP contribution in [0.2, 0.25) is 0 Å². The topological polar surface area (TPSA) is 38.3 Å². The lowest BCUT2D eigenvalue weighted by atomic mass is 10.1. The molecule has 1 atom stereocenters. The molecule has 0 saturated carbocycles. The van der Waals surface area contributed by atoms with Crippen LogP contribution in [0.1, 0.15) is 27.9 Å². The van der Waals surface area contributed by atoms with Crippen LogP contribution in [-0.4, -0.2) is 31.5 Å². The number of amides is 1. The number of ether oxygens (including phenoxy) is 1. The van der Waals surface area contributed by atoms with E-state index in [9.17, 15) is 4.79 Å². The van der Waals surface area contributed by atoms with E-state index in [1.165, 1.54) is 5.56 Å². The van der Waals surface area contributed by atoms with Crippen molar-refractivity contribution in [3.63, 3.8) is 0 Å². The molecule has 100 valence electrons. The number of hydrogen-bond acceptors (Lipinski definition) is 2. The summed E-state index contributed by atoms with van der Waals surface area (Å²) in [6.45, 7) is 4.50. The third-order valence-corrected chi connectivity index (χ3v) is 3.15. The molecule has 0 spiro atoms. The van der Waals surface area contributed by atoms with Gasteiger partial charge < -0.3 is 10.1 Å². The van der Waals surface area contributed by atoms with Gasteiger partial charge in [0.25, 0.3) is 5.91 Å². The van der Waals surface area contributed by atoms with Gasteiger partial charge >= 0.3 is 0 Å². The maximum atomic E-state index is 12.1. The number of hydrogen-bond donors (Lipinski definition) is 1. The summed E-state index contributed by atoms with van der Waals surface area (Å²) < 4.78 is 5.06. The largest absolute Gasteiger partial charge is 0.383 e. The van der Waals surface area contributed by atoms with Gasteiger partial charge in [0.2, 0.25) is 0 Å². The number of carbonyl (C=O) groups is 1. The van der Waals surface area contributed by atoms with Crippen LogP contribution in [0.3, 0.4) is 0 Å². The SMILES string of the molecule is COCC(CCCl)NC(=O)c1ccc(C)c(C)c1. The van der Waals surface area contributed by atoms with Crippen LogP contribution in [0, 0.1) is 13.8 Å². The third kappa shape index (κ3) is 4.31. The number of benzene rings is 1. The summed E-state index contributed by atoms with van der Waals surface area (Å²) in [6.07, 6.45) is 0.700. The molecule has 18 heavy (non-hydrogen) atoms. The fourth-order valence-electron chi connectivity index (χ4n) is 1.68. The fourth-order valence-corrected chi connectivity index (χ4v) is 1.94. The van der Waals surface area contributed by atoms with Gasteiger partial charge in [-0.2, -0.15) is 0 Å². The Hall–Kier alpha value is -1.06. The quantitative estimate of drug-likeness (QED) is 0.807. The van der Waals surface area contributed by atoms with Crippen molar-refractivity contribution in [2.24, 2.45) is 0 Å². The first-order chi connectivity index (χ1) is 8.58. The minimum Gasteiger partial charge on any atom is -0.383 e. The highest BCUT2D eigenvalue weighted by Gasteiger charge is 2.13. The van der Waals surface area contributed by atoms with Crippen LogP contribution in [-0.2, 0) is 4.74 Å². The molecule has 0 aliphatic heterocycles. The Morgan fingerprint density at radius 1 is 1.39 bits per heavy atom. The Balaban J connectivity index is 2.70. The molecule has 1 rings (SSSR count). The average molecular weight is 270 g/mol. The first kappa shape index (κ1) is 15.0. The van der Waals surface area contributed by atoms with E-state index in [-0.39, 0.29) is 11.9 Å². The molecule has 3 nitrogen and oxygen atoms in total. The van der Waals surface area contributed by atoms with Crippen LogP contribution < -0.4 is 5.32 Å². The lowest BCUT2D eigenvalue weighted by Gasteiger charge is -2.17. The highest BCUT2D eigenvalue weighted by molar-refractivity contribution is 6.17. The third-order valence-electron chi connectivity index (χ3n) is 2.93. The van der Waals surface area contributed by atoms with E-state index in [0.29, 0.717) is 24.5 Å². The second kappa shape index (κ2) is 7.39. The summed E-state index contributed by atoms with van der Waals surface area (Å²) in [5.41, 5.74) is 2.97. The Kier molecular flexibility index (Phi) is 6.16. The number of alkyl halides is 1. The van der Waals surface area contributed by atoms with Crippen LogP contribution >= 0.6 is 11.6 Å². The van der Waals surface area contributed by atoms with E-state index >= 15 is 0 Å². The van der Waals surface area contributed by atoms with Crippen molar-refractivity contribution in [2.45, 2.75) is 26.3 Å². The fraction of sp³-hybridized carbons (Fsp3) is 0.500. The first-order valence-corrected chi connectivity index (χ1v) is 6.55. The van der Waals surface area contributed by atoms with Crippen molar-refractivity contribution < 1.29 is 9.53 Å². The molecule has 1 aromatic carbocycles. The van der Waals surface area contributed by atoms with E-state index in [0.717, 1.165) is 5.56 Å². The highest BCUT2D eigenvalue weighted by Crippen LogP contribution is 2.10. The number of carbonyl (C=O) groups excluding carboxylic acids is 1. The monoisotopic (exact) mass is 269 g/mol. The second-order valence-corrected chi connectivity index (χ2v) is 4.78. The summed E-state index contributed by atoms with van der Waals surface area (Å²) in [5.74, 6) is 0.423. The Bertz CT molecular complexity index is 401. The van der Waals surface area contributed by atoms with Crippen molar-refractivity contribution in [1.82, 2.24) is 5.32 Å². The molecule has 0 heterocycles. The van der Waals surface area contributed by atoms with E-state index in [1.807, 2.05) is 32.0 Å². The minimum atomic E-state index is -0.0785. The lowest BCUT2D eigenvalue weighted by Crippen LogP contribution is -2.38. The Morgan fingerprint density at radius 3 is 2.67 bits per heavy atom. The second-order valence-electron chi connectivity index (χ2n) is 4.40. The van der Waals surface area contributed by atoms with Gasteiger partial charge in [-0.25, -0.2) is 0 Å². The van der Waals surface area contributed by atoms with Crippen molar-refractivity contribution in [3.8, 4) is 0 Å². The zero-order chi connectivity index (χ0) is 13.5. The number of methoxy groups -OCH3 is 1. The molecule has 0 aromatic heterocycles. The highest BCUT2D eigenvalue weighted by atomic mass is 35.5. The molecule has 0 fully saturated rings. The molecule has 0 saturated heterocycles. The zero-order valence-electron chi connectivity index (χ0n) is 11.1. The van der Waals surface area contributed by atoms with Crippen molar-refractivity contribution in [2.75, 3.05) is 19.6 Å². The van der Waals surface area contributed by atoms with Crippen molar-refractivity contribution in [3.05, 3.63) is 34.9 Å². The summed E-state index contributed by atoms with van der Waals surface area (Å²) >= 11 is 5.70. The number of halogens is 1. The van der Waals surface area contributed by atoms with Crippen LogP contribution in [0.25, 0.3) is 0 Å². The maximum Gasteiger partial charge on any atom is 0.251 e. The van der Waals surface area contributed by atoms with Gasteiger partial charge in [0, 0.05) is 18.6 Å². The van der Waals surface area contributed by atoms with Gasteiger partial charge in [-0.3, -0.25) is 4.79 Å². The minimum absolute atomic E-state index is 0.0402. The number of aryl methyl sites for hydroxylation is 2. The number of nitrogens with one attached hydrogen (secondary N) is 1. The number of rotatable bonds is 6. The van der Waals surface area contributed by atoms with Gasteiger partial charge in [-0.05, 0) is 43.5 Å². The van der Waals surface area contributed by atoms with Crippen molar-refractivity contribution in [1.29, 1.82) is 0 Å². The van der Waals surface area contributed by atoms with Crippen LogP contribution in [0.5, 0.6) is 0 Å². The summed E-state index contributed by atoms with van der Waals surface area (Å²) in [4.78, 5) is 12.1. The lowest BCUT2D eigenvalue weighted by molar-refractivity contribution is 0.0895. The molecule has 1 N–H and O–H groups in total.